The smallest absolute Gasteiger partial charge is 0.125 e. The van der Waals surface area contributed by atoms with Crippen molar-refractivity contribution >= 4 is 5.69 Å². The molecule has 0 aliphatic carbocycles. The van der Waals surface area contributed by atoms with Crippen LogP contribution in [0.25, 0.3) is 0 Å². The normalized spacial score (nSPS) is 12.5. The molecule has 0 aromatic heterocycles. The van der Waals surface area contributed by atoms with Crippen LogP contribution in [0, 0.1) is 5.82 Å². The second-order valence-corrected chi connectivity index (χ2v) is 3.73. The molecule has 0 heterocycles. The molecule has 1 unspecified atom stereocenters. The molecule has 0 saturated heterocycles. The van der Waals surface area contributed by atoms with Gasteiger partial charge in [-0.25, -0.2) is 4.39 Å². The second kappa shape index (κ2) is 6.45. The van der Waals surface area contributed by atoms with Crippen molar-refractivity contribution in [3.05, 3.63) is 30.1 Å². The first-order valence-corrected chi connectivity index (χ1v) is 5.50. The Kier molecular flexibility index (Phi) is 5.22. The average molecular weight is 226 g/mol. The molecule has 16 heavy (non-hydrogen) atoms. The lowest BCUT2D eigenvalue weighted by Gasteiger charge is -2.25. The molecule has 0 radical (unpaired) electrons. The van der Waals surface area contributed by atoms with Crippen molar-refractivity contribution in [1.29, 1.82) is 0 Å². The monoisotopic (exact) mass is 226 g/mol. The minimum Gasteiger partial charge on any atom is -0.390 e. The van der Waals surface area contributed by atoms with Crippen molar-refractivity contribution in [3.63, 3.8) is 0 Å². The molecule has 0 aliphatic rings. The number of nitrogens with one attached hydrogen (secondary N) is 1. The number of hydrogen-bond donors (Lipinski definition) is 2. The van der Waals surface area contributed by atoms with E-state index in [1.165, 1.54) is 12.1 Å². The largest absolute Gasteiger partial charge is 0.390 e. The molecule has 90 valence electrons. The lowest BCUT2D eigenvalue weighted by Crippen LogP contribution is -2.37. The standard InChI is InChI=1S/C12H19FN2O/c1-3-15(9-12(16)8-14-2)11-6-4-5-10(13)7-11/h4-7,12,14,16H,3,8-9H2,1-2H3. The maximum absolute atomic E-state index is 13.0. The van der Waals surface area contributed by atoms with Gasteiger partial charge in [0.05, 0.1) is 6.10 Å². The molecule has 1 atom stereocenters. The van der Waals surface area contributed by atoms with E-state index in [1.54, 1.807) is 13.1 Å². The summed E-state index contributed by atoms with van der Waals surface area (Å²) in [5, 5.41) is 12.6. The SMILES string of the molecule is CCN(CC(O)CNC)c1cccc(F)c1. The third-order valence-corrected chi connectivity index (χ3v) is 2.43. The molecule has 4 heteroatoms. The van der Waals surface area contributed by atoms with Crippen LogP contribution >= 0.6 is 0 Å². The summed E-state index contributed by atoms with van der Waals surface area (Å²) in [6, 6.07) is 6.42. The summed E-state index contributed by atoms with van der Waals surface area (Å²) < 4.78 is 13.0. The first-order chi connectivity index (χ1) is 7.67. The number of rotatable bonds is 6. The van der Waals surface area contributed by atoms with Gasteiger partial charge in [-0.2, -0.15) is 0 Å². The maximum Gasteiger partial charge on any atom is 0.125 e. The van der Waals surface area contributed by atoms with Crippen molar-refractivity contribution in [2.45, 2.75) is 13.0 Å². The van der Waals surface area contributed by atoms with Crippen LogP contribution in [0.15, 0.2) is 24.3 Å². The van der Waals surface area contributed by atoms with Crippen LogP contribution in [0.2, 0.25) is 0 Å². The van der Waals surface area contributed by atoms with Crippen molar-refractivity contribution in [3.8, 4) is 0 Å². The van der Waals surface area contributed by atoms with Gasteiger partial charge in [-0.15, -0.1) is 0 Å². The molecule has 0 aliphatic heterocycles. The molecule has 0 saturated carbocycles. The minimum atomic E-state index is -0.451. The Labute approximate surface area is 95.9 Å². The molecule has 1 aromatic rings. The zero-order valence-corrected chi connectivity index (χ0v) is 9.78. The van der Waals surface area contributed by atoms with Crippen LogP contribution in [0.4, 0.5) is 10.1 Å². The quantitative estimate of drug-likeness (QED) is 0.766. The molecule has 1 rings (SSSR count). The Balaban J connectivity index is 2.67. The molecule has 2 N–H and O–H groups in total. The number of hydrogen-bond acceptors (Lipinski definition) is 3. The van der Waals surface area contributed by atoms with E-state index < -0.39 is 6.10 Å². The Bertz CT molecular complexity index is 320. The highest BCUT2D eigenvalue weighted by atomic mass is 19.1. The Morgan fingerprint density at radius 1 is 1.50 bits per heavy atom. The molecule has 1 aromatic carbocycles. The van der Waals surface area contributed by atoms with Crippen molar-refractivity contribution in [1.82, 2.24) is 5.32 Å². The Morgan fingerprint density at radius 3 is 2.81 bits per heavy atom. The van der Waals surface area contributed by atoms with E-state index in [1.807, 2.05) is 17.9 Å². The number of anilines is 1. The van der Waals surface area contributed by atoms with Crippen LogP contribution in [0.5, 0.6) is 0 Å². The van der Waals surface area contributed by atoms with Gasteiger partial charge in [0.25, 0.3) is 0 Å². The van der Waals surface area contributed by atoms with Gasteiger partial charge in [-0.3, -0.25) is 0 Å². The van der Waals surface area contributed by atoms with Crippen LogP contribution in [-0.2, 0) is 0 Å². The number of halogens is 1. The van der Waals surface area contributed by atoms with Gasteiger partial charge in [0.15, 0.2) is 0 Å². The molecular formula is C12H19FN2O. The topological polar surface area (TPSA) is 35.5 Å². The van der Waals surface area contributed by atoms with Gasteiger partial charge >= 0.3 is 0 Å². The summed E-state index contributed by atoms with van der Waals surface area (Å²) in [4.78, 5) is 1.95. The van der Waals surface area contributed by atoms with Gasteiger partial charge in [-0.05, 0) is 32.2 Å². The average Bonchev–Trinajstić information content (AvgIpc) is 2.26. The van der Waals surface area contributed by atoms with Crippen LogP contribution in [0.3, 0.4) is 0 Å². The summed E-state index contributed by atoms with van der Waals surface area (Å²) in [5.41, 5.74) is 0.803. The van der Waals surface area contributed by atoms with E-state index in [-0.39, 0.29) is 5.82 Å². The van der Waals surface area contributed by atoms with E-state index >= 15 is 0 Å². The van der Waals surface area contributed by atoms with Crippen LogP contribution < -0.4 is 10.2 Å². The van der Waals surface area contributed by atoms with Gasteiger partial charge in [0.2, 0.25) is 0 Å². The lowest BCUT2D eigenvalue weighted by atomic mass is 10.2. The molecule has 0 bridgehead atoms. The molecule has 3 nitrogen and oxygen atoms in total. The molecule has 0 fully saturated rings. The minimum absolute atomic E-state index is 0.251. The maximum atomic E-state index is 13.0. The summed E-state index contributed by atoms with van der Waals surface area (Å²) in [7, 11) is 1.79. The van der Waals surface area contributed by atoms with E-state index in [2.05, 4.69) is 5.32 Å². The molecule has 0 amide bonds. The predicted octanol–water partition coefficient (Wildman–Crippen LogP) is 1.23. The van der Waals surface area contributed by atoms with Crippen LogP contribution in [0.1, 0.15) is 6.92 Å². The highest BCUT2D eigenvalue weighted by Crippen LogP contribution is 2.15. The summed E-state index contributed by atoms with van der Waals surface area (Å²) >= 11 is 0. The van der Waals surface area contributed by atoms with E-state index in [0.717, 1.165) is 12.2 Å². The summed E-state index contributed by atoms with van der Waals surface area (Å²) in [6.45, 7) is 3.76. The predicted molar refractivity (Wildman–Crippen MR) is 64.2 cm³/mol. The summed E-state index contributed by atoms with van der Waals surface area (Å²) in [6.07, 6.45) is -0.451. The first-order valence-electron chi connectivity index (χ1n) is 5.50. The zero-order chi connectivity index (χ0) is 12.0. The zero-order valence-electron chi connectivity index (χ0n) is 9.78. The van der Waals surface area contributed by atoms with Crippen molar-refractivity contribution in [2.24, 2.45) is 0 Å². The third-order valence-electron chi connectivity index (χ3n) is 2.43. The fourth-order valence-electron chi connectivity index (χ4n) is 1.64. The van der Waals surface area contributed by atoms with Crippen molar-refractivity contribution < 1.29 is 9.50 Å². The molecular weight excluding hydrogens is 207 g/mol. The van der Waals surface area contributed by atoms with Gasteiger partial charge in [0, 0.05) is 25.3 Å². The summed E-state index contributed by atoms with van der Waals surface area (Å²) in [5.74, 6) is -0.251. The van der Waals surface area contributed by atoms with E-state index in [0.29, 0.717) is 13.1 Å². The van der Waals surface area contributed by atoms with Gasteiger partial charge in [-0.1, -0.05) is 6.07 Å². The number of aliphatic hydroxyl groups excluding tert-OH is 1. The number of benzene rings is 1. The van der Waals surface area contributed by atoms with Gasteiger partial charge in [0.1, 0.15) is 5.82 Å². The number of likely N-dealkylation sites (N-methyl/N-ethyl adjacent to an activating group) is 2. The number of aliphatic hydroxyl groups is 1. The first kappa shape index (κ1) is 12.9. The third kappa shape index (κ3) is 3.79. The Morgan fingerprint density at radius 2 is 2.25 bits per heavy atom. The Hall–Kier alpha value is -1.13. The second-order valence-electron chi connectivity index (χ2n) is 3.73. The fraction of sp³-hybridized carbons (Fsp3) is 0.500. The lowest BCUT2D eigenvalue weighted by molar-refractivity contribution is 0.180. The highest BCUT2D eigenvalue weighted by Gasteiger charge is 2.10. The highest BCUT2D eigenvalue weighted by molar-refractivity contribution is 5.46. The number of nitrogens with zero attached hydrogens (tertiary/aromatic N) is 1. The van der Waals surface area contributed by atoms with E-state index in [9.17, 15) is 9.50 Å². The van der Waals surface area contributed by atoms with Crippen molar-refractivity contribution in [2.75, 3.05) is 31.6 Å². The fourth-order valence-corrected chi connectivity index (χ4v) is 1.64. The van der Waals surface area contributed by atoms with E-state index in [4.69, 9.17) is 0 Å². The van der Waals surface area contributed by atoms with Crippen LogP contribution in [-0.4, -0.2) is 37.9 Å². The molecule has 0 spiro atoms. The van der Waals surface area contributed by atoms with Gasteiger partial charge < -0.3 is 15.3 Å².